The molecule has 5 heterocycles. The zero-order valence-electron chi connectivity index (χ0n) is 24.7. The van der Waals surface area contributed by atoms with Crippen LogP contribution in [0.5, 0.6) is 0 Å². The quantitative estimate of drug-likeness (QED) is 0.334. The molecule has 2 aromatic carbocycles. The van der Waals surface area contributed by atoms with Crippen molar-refractivity contribution in [3.05, 3.63) is 125 Å². The number of aromatic nitrogens is 4. The Kier molecular flexibility index (Phi) is 5.92. The lowest BCUT2D eigenvalue weighted by Crippen LogP contribution is -2.47. The van der Waals surface area contributed by atoms with E-state index in [-0.39, 0.29) is 44.9 Å². The lowest BCUT2D eigenvalue weighted by Gasteiger charge is -2.26. The number of anilines is 1. The molecular weight excluding hydrogens is 576 g/mol. The third-order valence-electron chi connectivity index (χ3n) is 8.64. The van der Waals surface area contributed by atoms with Crippen LogP contribution < -0.4 is 32.4 Å². The van der Waals surface area contributed by atoms with E-state index in [1.807, 2.05) is 0 Å². The molecule has 224 valence electrons. The summed E-state index contributed by atoms with van der Waals surface area (Å²) in [5.74, 6) is -1.83. The van der Waals surface area contributed by atoms with Crippen LogP contribution in [0, 0.1) is 13.8 Å². The predicted molar refractivity (Wildman–Crippen MR) is 166 cm³/mol. The maximum absolute atomic E-state index is 14.2. The molecule has 0 saturated carbocycles. The number of para-hydroxylation sites is 2. The first-order valence-corrected chi connectivity index (χ1v) is 14.2. The van der Waals surface area contributed by atoms with Gasteiger partial charge in [-0.25, -0.2) is 13.8 Å². The molecule has 0 saturated heterocycles. The van der Waals surface area contributed by atoms with E-state index in [2.05, 4.69) is 10.2 Å². The smallest absolute Gasteiger partial charge is 0.275 e. The molecule has 3 aromatic heterocycles. The monoisotopic (exact) mass is 602 g/mol. The van der Waals surface area contributed by atoms with Gasteiger partial charge in [-0.3, -0.25) is 33.9 Å². The van der Waals surface area contributed by atoms with Crippen molar-refractivity contribution in [3.63, 3.8) is 0 Å². The number of carbonyl (C=O) groups is 3. The Morgan fingerprint density at radius 3 is 2.09 bits per heavy atom. The van der Waals surface area contributed by atoms with Crippen molar-refractivity contribution in [1.29, 1.82) is 0 Å². The van der Waals surface area contributed by atoms with Crippen molar-refractivity contribution in [1.82, 2.24) is 18.9 Å². The number of pyridine rings is 2. The van der Waals surface area contributed by atoms with Gasteiger partial charge in [0.25, 0.3) is 22.6 Å². The van der Waals surface area contributed by atoms with E-state index in [9.17, 15) is 28.8 Å². The average Bonchev–Trinajstić information content (AvgIpc) is 3.50. The molecule has 12 nitrogen and oxygen atoms in total. The van der Waals surface area contributed by atoms with Gasteiger partial charge in [-0.15, -0.1) is 5.10 Å². The second-order valence-corrected chi connectivity index (χ2v) is 11.5. The van der Waals surface area contributed by atoms with Crippen LogP contribution in [0.15, 0.2) is 80.1 Å². The van der Waals surface area contributed by atoms with E-state index >= 15 is 0 Å². The number of nitrogens with one attached hydrogen (secondary N) is 1. The van der Waals surface area contributed by atoms with Crippen molar-refractivity contribution < 1.29 is 14.4 Å². The minimum Gasteiger partial charge on any atom is -0.275 e. The third kappa shape index (κ3) is 3.81. The third-order valence-corrected chi connectivity index (χ3v) is 8.64. The fourth-order valence-corrected chi connectivity index (χ4v) is 6.61. The first kappa shape index (κ1) is 27.9. The van der Waals surface area contributed by atoms with Crippen LogP contribution in [0.3, 0.4) is 0 Å². The van der Waals surface area contributed by atoms with E-state index in [0.29, 0.717) is 16.9 Å². The van der Waals surface area contributed by atoms with Crippen molar-refractivity contribution in [2.45, 2.75) is 39.5 Å². The molecule has 45 heavy (non-hydrogen) atoms. The molecule has 1 amide bonds. The number of carbonyl (C=O) groups excluding carboxylic acids is 3. The van der Waals surface area contributed by atoms with Crippen LogP contribution in [0.2, 0.25) is 0 Å². The van der Waals surface area contributed by atoms with Gasteiger partial charge < -0.3 is 0 Å². The van der Waals surface area contributed by atoms with Crippen LogP contribution in [0.1, 0.15) is 56.9 Å². The number of H-pyrrole nitrogens is 1. The molecule has 1 atom stereocenters. The normalized spacial score (nSPS) is 17.2. The van der Waals surface area contributed by atoms with Gasteiger partial charge in [-0.05, 0) is 49.2 Å². The fourth-order valence-electron chi connectivity index (χ4n) is 6.61. The highest BCUT2D eigenvalue weighted by atomic mass is 16.2. The number of hydrogen-bond donors (Lipinski definition) is 1. The predicted octanol–water partition coefficient (Wildman–Crippen LogP) is 1.90. The van der Waals surface area contributed by atoms with Gasteiger partial charge in [0, 0.05) is 29.5 Å². The molecule has 7 rings (SSSR count). The van der Waals surface area contributed by atoms with Gasteiger partial charge in [-0.2, -0.15) is 5.01 Å². The second-order valence-electron chi connectivity index (χ2n) is 11.5. The Balaban J connectivity index is 1.52. The van der Waals surface area contributed by atoms with E-state index in [1.165, 1.54) is 17.7 Å². The standard InChI is InChI=1S/C33H26N6O6/c1-17-22-15-33(4,16-23(41)37(29(22)42)28-24(17)30(43)38(35-28)20-11-7-5-8-12-20)26-18(2)25-27(36(19(3)40)32(26)45)34-39(31(25)44)21-13-9-6-10-14-21/h5-15,34H,16H2,1-4H3. The van der Waals surface area contributed by atoms with Crippen LogP contribution in [0.25, 0.3) is 22.8 Å². The first-order chi connectivity index (χ1) is 21.4. The van der Waals surface area contributed by atoms with Crippen molar-refractivity contribution >= 4 is 40.5 Å². The van der Waals surface area contributed by atoms with Gasteiger partial charge in [0.05, 0.1) is 22.3 Å². The van der Waals surface area contributed by atoms with Gasteiger partial charge in [0.15, 0.2) is 5.49 Å². The average molecular weight is 603 g/mol. The fraction of sp³-hybridized carbons (Fsp3) is 0.182. The summed E-state index contributed by atoms with van der Waals surface area (Å²) in [7, 11) is 0. The van der Waals surface area contributed by atoms with Gasteiger partial charge in [0.1, 0.15) is 5.65 Å². The topological polar surface area (TPSA) is 149 Å². The lowest BCUT2D eigenvalue weighted by molar-refractivity contribution is 0.0877. The molecule has 2 aliphatic heterocycles. The Hall–Kier alpha value is -5.91. The van der Waals surface area contributed by atoms with Crippen molar-refractivity contribution in [2.24, 2.45) is 5.10 Å². The zero-order valence-corrected chi connectivity index (χ0v) is 24.7. The highest BCUT2D eigenvalue weighted by Gasteiger charge is 2.40. The van der Waals surface area contributed by atoms with Crippen molar-refractivity contribution in [3.8, 4) is 5.69 Å². The van der Waals surface area contributed by atoms with Gasteiger partial charge in [0.2, 0.25) is 11.8 Å². The molecule has 0 aliphatic carbocycles. The largest absolute Gasteiger partial charge is 0.282 e. The minimum absolute atomic E-state index is 0.0195. The van der Waals surface area contributed by atoms with Gasteiger partial charge in [-0.1, -0.05) is 49.4 Å². The molecule has 1 unspecified atom stereocenters. The lowest BCUT2D eigenvalue weighted by atomic mass is 9.76. The highest BCUT2D eigenvalue weighted by Crippen LogP contribution is 2.33. The number of aryl methyl sites for hydroxylation is 1. The number of amides is 1. The molecule has 5 aromatic rings. The maximum atomic E-state index is 14.2. The Labute approximate surface area is 253 Å². The Morgan fingerprint density at radius 2 is 1.47 bits per heavy atom. The highest BCUT2D eigenvalue weighted by molar-refractivity contribution is 6.08. The summed E-state index contributed by atoms with van der Waals surface area (Å²) in [6.45, 7) is 6.01. The van der Waals surface area contributed by atoms with E-state index in [0.717, 1.165) is 14.1 Å². The number of nitrogens with zero attached hydrogens (tertiary/aromatic N) is 5. The number of aromatic amines is 1. The number of benzene rings is 2. The molecule has 1 N–H and O–H groups in total. The summed E-state index contributed by atoms with van der Waals surface area (Å²) < 4.78 is 3.02. The van der Waals surface area contributed by atoms with Crippen LogP contribution in [-0.4, -0.2) is 36.6 Å². The van der Waals surface area contributed by atoms with E-state index in [4.69, 9.17) is 0 Å². The number of hydrogen-bond acceptors (Lipinski definition) is 7. The summed E-state index contributed by atoms with van der Waals surface area (Å²) in [4.78, 5) is 82.4. The summed E-state index contributed by atoms with van der Waals surface area (Å²) >= 11 is 0. The molecule has 0 fully saturated rings. The molecule has 2 bridgehead atoms. The summed E-state index contributed by atoms with van der Waals surface area (Å²) in [5, 5.41) is 8.61. The van der Waals surface area contributed by atoms with Crippen LogP contribution >= 0.6 is 0 Å². The summed E-state index contributed by atoms with van der Waals surface area (Å²) in [6, 6.07) is 17.3. The van der Waals surface area contributed by atoms with Crippen molar-refractivity contribution in [2.75, 3.05) is 5.01 Å². The molecule has 12 heteroatoms. The minimum atomic E-state index is -1.45. The number of fused-ring (bicyclic) bond motifs is 5. The molecule has 0 spiro atoms. The van der Waals surface area contributed by atoms with Crippen LogP contribution in [0.4, 0.5) is 5.69 Å². The second kappa shape index (κ2) is 9.55. The zero-order chi connectivity index (χ0) is 31.9. The molecule has 2 aliphatic rings. The first-order valence-electron chi connectivity index (χ1n) is 14.2. The molecular formula is C33H26N6O6. The van der Waals surface area contributed by atoms with Gasteiger partial charge >= 0.3 is 0 Å². The van der Waals surface area contributed by atoms with Crippen LogP contribution in [-0.2, 0) is 5.41 Å². The Morgan fingerprint density at radius 1 is 0.844 bits per heavy atom. The van der Waals surface area contributed by atoms with E-state index < -0.39 is 39.8 Å². The van der Waals surface area contributed by atoms with E-state index in [1.54, 1.807) is 81.4 Å². The summed E-state index contributed by atoms with van der Waals surface area (Å²) in [6.07, 6.45) is 1.13. The molecule has 0 radical (unpaired) electrons. The summed E-state index contributed by atoms with van der Waals surface area (Å²) in [5.41, 5.74) is -1.75. The number of rotatable bonds is 3. The maximum Gasteiger partial charge on any atom is 0.282 e. The SMILES string of the molecule is CC(=O)n1c(=O)c(C2(C)C=c3c(C)c4c(n(c3=O)C(=O)C2)=NN(c2ccccc2)C4=O)c(C)c2c(=O)n(-c3ccccc3)[nH]c21. The Bertz CT molecular complexity index is 2470.